The Morgan fingerprint density at radius 3 is 2.84 bits per heavy atom. The predicted molar refractivity (Wildman–Crippen MR) is 71.1 cm³/mol. The van der Waals surface area contributed by atoms with Gasteiger partial charge in [-0.25, -0.2) is 4.39 Å². The van der Waals surface area contributed by atoms with Crippen LogP contribution in [-0.2, 0) is 0 Å². The van der Waals surface area contributed by atoms with Crippen LogP contribution in [0.4, 0.5) is 4.39 Å². The van der Waals surface area contributed by atoms with Crippen LogP contribution < -0.4 is 16.0 Å². The monoisotopic (exact) mass is 258 g/mol. The Hall–Kier alpha value is -1.91. The average molecular weight is 258 g/mol. The normalized spacial score (nSPS) is 18.7. The summed E-state index contributed by atoms with van der Waals surface area (Å²) in [4.78, 5) is 0. The first-order valence-electron chi connectivity index (χ1n) is 6.23. The van der Waals surface area contributed by atoms with Crippen LogP contribution in [0.15, 0.2) is 48.5 Å². The smallest absolute Gasteiger partial charge is 0.123 e. The fourth-order valence-electron chi connectivity index (χ4n) is 2.61. The minimum absolute atomic E-state index is 0.0861. The van der Waals surface area contributed by atoms with Gasteiger partial charge >= 0.3 is 0 Å². The molecule has 2 atom stereocenters. The van der Waals surface area contributed by atoms with E-state index in [2.05, 4.69) is 5.43 Å². The Labute approximate surface area is 111 Å². The van der Waals surface area contributed by atoms with Gasteiger partial charge in [0.25, 0.3) is 0 Å². The van der Waals surface area contributed by atoms with E-state index >= 15 is 0 Å². The number of nitrogens with two attached hydrogens (primary N) is 1. The van der Waals surface area contributed by atoms with Crippen molar-refractivity contribution in [2.75, 3.05) is 6.61 Å². The van der Waals surface area contributed by atoms with Gasteiger partial charge in [-0.2, -0.15) is 0 Å². The Balaban J connectivity index is 1.96. The van der Waals surface area contributed by atoms with Gasteiger partial charge in [0.1, 0.15) is 11.6 Å². The fourth-order valence-corrected chi connectivity index (χ4v) is 2.61. The van der Waals surface area contributed by atoms with Crippen molar-refractivity contribution in [3.05, 3.63) is 65.5 Å². The van der Waals surface area contributed by atoms with E-state index in [9.17, 15) is 4.39 Å². The zero-order chi connectivity index (χ0) is 13.2. The lowest BCUT2D eigenvalue weighted by molar-refractivity contribution is 0.300. The van der Waals surface area contributed by atoms with Crippen LogP contribution in [0, 0.1) is 5.82 Å². The van der Waals surface area contributed by atoms with Crippen LogP contribution in [0.1, 0.15) is 23.1 Å². The van der Waals surface area contributed by atoms with Crippen molar-refractivity contribution in [2.24, 2.45) is 5.84 Å². The van der Waals surface area contributed by atoms with E-state index in [1.54, 1.807) is 6.07 Å². The molecule has 3 rings (SSSR count). The quantitative estimate of drug-likeness (QED) is 0.657. The Morgan fingerprint density at radius 1 is 1.21 bits per heavy atom. The second-order valence-electron chi connectivity index (χ2n) is 4.65. The van der Waals surface area contributed by atoms with Gasteiger partial charge in [-0.3, -0.25) is 11.3 Å². The minimum atomic E-state index is -0.259. The van der Waals surface area contributed by atoms with E-state index in [1.807, 2.05) is 30.3 Å². The summed E-state index contributed by atoms with van der Waals surface area (Å²) >= 11 is 0. The highest BCUT2D eigenvalue weighted by molar-refractivity contribution is 5.42. The van der Waals surface area contributed by atoms with Gasteiger partial charge < -0.3 is 4.74 Å². The molecule has 2 unspecified atom stereocenters. The molecule has 0 spiro atoms. The van der Waals surface area contributed by atoms with Crippen LogP contribution in [-0.4, -0.2) is 6.61 Å². The number of halogens is 1. The summed E-state index contributed by atoms with van der Waals surface area (Å²) < 4.78 is 19.0. The molecule has 2 aromatic carbocycles. The molecular formula is C15H15FN2O. The van der Waals surface area contributed by atoms with E-state index in [0.29, 0.717) is 6.61 Å². The highest BCUT2D eigenvalue weighted by atomic mass is 19.1. The lowest BCUT2D eigenvalue weighted by atomic mass is 9.89. The van der Waals surface area contributed by atoms with Crippen molar-refractivity contribution in [3.63, 3.8) is 0 Å². The molecular weight excluding hydrogens is 243 g/mol. The molecule has 4 heteroatoms. The van der Waals surface area contributed by atoms with E-state index in [4.69, 9.17) is 10.6 Å². The number of hydrogen-bond acceptors (Lipinski definition) is 3. The molecule has 1 aliphatic rings. The van der Waals surface area contributed by atoms with Crippen LogP contribution in [0.5, 0.6) is 5.75 Å². The largest absolute Gasteiger partial charge is 0.493 e. The second kappa shape index (κ2) is 4.99. The van der Waals surface area contributed by atoms with Crippen molar-refractivity contribution in [2.45, 2.75) is 12.0 Å². The first-order chi connectivity index (χ1) is 9.29. The molecule has 1 aliphatic heterocycles. The summed E-state index contributed by atoms with van der Waals surface area (Å²) in [6.45, 7) is 0.546. The van der Waals surface area contributed by atoms with Gasteiger partial charge in [-0.05, 0) is 23.8 Å². The van der Waals surface area contributed by atoms with Gasteiger partial charge in [0.15, 0.2) is 0 Å². The molecule has 0 saturated carbocycles. The Bertz CT molecular complexity index is 588. The third-order valence-corrected chi connectivity index (χ3v) is 3.53. The fraction of sp³-hybridized carbons (Fsp3) is 0.200. The average Bonchev–Trinajstić information content (AvgIpc) is 2.84. The number of benzene rings is 2. The summed E-state index contributed by atoms with van der Waals surface area (Å²) in [7, 11) is 0. The van der Waals surface area contributed by atoms with Crippen molar-refractivity contribution in [3.8, 4) is 5.75 Å². The molecule has 2 aromatic rings. The number of para-hydroxylation sites is 1. The Kier molecular flexibility index (Phi) is 3.19. The minimum Gasteiger partial charge on any atom is -0.493 e. The lowest BCUT2D eigenvalue weighted by Crippen LogP contribution is -2.33. The highest BCUT2D eigenvalue weighted by Gasteiger charge is 2.31. The number of ether oxygens (including phenoxy) is 1. The van der Waals surface area contributed by atoms with Crippen molar-refractivity contribution in [1.82, 2.24) is 5.43 Å². The molecule has 0 fully saturated rings. The highest BCUT2D eigenvalue weighted by Crippen LogP contribution is 2.40. The summed E-state index contributed by atoms with van der Waals surface area (Å²) in [5.41, 5.74) is 4.71. The number of hydrogen-bond donors (Lipinski definition) is 2. The molecule has 0 amide bonds. The number of nitrogens with one attached hydrogen (secondary N) is 1. The van der Waals surface area contributed by atoms with Gasteiger partial charge in [0.2, 0.25) is 0 Å². The molecule has 1 heterocycles. The zero-order valence-corrected chi connectivity index (χ0v) is 10.3. The summed E-state index contributed by atoms with van der Waals surface area (Å²) in [6, 6.07) is 14.2. The molecule has 0 bridgehead atoms. The molecule has 0 radical (unpaired) electrons. The van der Waals surface area contributed by atoms with E-state index < -0.39 is 0 Å². The predicted octanol–water partition coefficient (Wildman–Crippen LogP) is 2.51. The third kappa shape index (κ3) is 2.20. The third-order valence-electron chi connectivity index (χ3n) is 3.53. The summed E-state index contributed by atoms with van der Waals surface area (Å²) in [6.07, 6.45) is 0. The van der Waals surface area contributed by atoms with Crippen molar-refractivity contribution in [1.29, 1.82) is 0 Å². The van der Waals surface area contributed by atoms with Gasteiger partial charge in [0.05, 0.1) is 12.6 Å². The lowest BCUT2D eigenvalue weighted by Gasteiger charge is -2.22. The first-order valence-corrected chi connectivity index (χ1v) is 6.23. The first kappa shape index (κ1) is 12.1. The molecule has 0 aliphatic carbocycles. The van der Waals surface area contributed by atoms with E-state index in [1.165, 1.54) is 12.1 Å². The number of fused-ring (bicyclic) bond motifs is 1. The van der Waals surface area contributed by atoms with Gasteiger partial charge in [-0.15, -0.1) is 0 Å². The van der Waals surface area contributed by atoms with E-state index in [0.717, 1.165) is 16.9 Å². The van der Waals surface area contributed by atoms with E-state index in [-0.39, 0.29) is 17.8 Å². The van der Waals surface area contributed by atoms with Crippen LogP contribution in [0.2, 0.25) is 0 Å². The summed E-state index contributed by atoms with van der Waals surface area (Å²) in [5.74, 6) is 6.37. The standard InChI is InChI=1S/C15H15FN2O/c16-11-5-3-4-10(8-11)15(18-17)13-9-19-14-7-2-1-6-12(13)14/h1-8,13,15,18H,9,17H2. The molecule has 0 saturated heterocycles. The topological polar surface area (TPSA) is 47.3 Å². The maximum absolute atomic E-state index is 13.3. The Morgan fingerprint density at radius 2 is 2.05 bits per heavy atom. The van der Waals surface area contributed by atoms with Crippen molar-refractivity contribution < 1.29 is 9.13 Å². The molecule has 0 aromatic heterocycles. The second-order valence-corrected chi connectivity index (χ2v) is 4.65. The van der Waals surface area contributed by atoms with Gasteiger partial charge in [0, 0.05) is 11.5 Å². The van der Waals surface area contributed by atoms with Crippen LogP contribution in [0.25, 0.3) is 0 Å². The zero-order valence-electron chi connectivity index (χ0n) is 10.3. The molecule has 3 nitrogen and oxygen atoms in total. The van der Waals surface area contributed by atoms with Crippen LogP contribution in [0.3, 0.4) is 0 Å². The van der Waals surface area contributed by atoms with Crippen LogP contribution >= 0.6 is 0 Å². The summed E-state index contributed by atoms with van der Waals surface area (Å²) in [5, 5.41) is 0. The number of hydrazine groups is 1. The molecule has 3 N–H and O–H groups in total. The molecule has 98 valence electrons. The number of rotatable bonds is 3. The van der Waals surface area contributed by atoms with Gasteiger partial charge in [-0.1, -0.05) is 30.3 Å². The maximum Gasteiger partial charge on any atom is 0.123 e. The SMILES string of the molecule is NNC(c1cccc(F)c1)C1COc2ccccc21. The molecule has 19 heavy (non-hydrogen) atoms. The van der Waals surface area contributed by atoms with Crippen molar-refractivity contribution >= 4 is 0 Å². The maximum atomic E-state index is 13.3.